The number of aliphatic hydroxyl groups is 1. The fourth-order valence-electron chi connectivity index (χ4n) is 1.85. The molecule has 1 rings (SSSR count). The first kappa shape index (κ1) is 12.8. The predicted octanol–water partition coefficient (Wildman–Crippen LogP) is 1.98. The molecule has 1 saturated carbocycles. The lowest BCUT2D eigenvalue weighted by Crippen LogP contribution is -2.28. The summed E-state index contributed by atoms with van der Waals surface area (Å²) in [5.74, 6) is 0.568. The highest BCUT2D eigenvalue weighted by Gasteiger charge is 2.31. The predicted molar refractivity (Wildman–Crippen MR) is 62.0 cm³/mol. The largest absolute Gasteiger partial charge is 0.469 e. The Labute approximate surface area is 95.6 Å². The van der Waals surface area contributed by atoms with E-state index >= 15 is 0 Å². The van der Waals surface area contributed by atoms with Crippen LogP contribution in [0.5, 0.6) is 0 Å². The lowest BCUT2D eigenvalue weighted by atomic mass is 10.1. The summed E-state index contributed by atoms with van der Waals surface area (Å²) < 4.78 is 4.60. The zero-order chi connectivity index (χ0) is 11.3. The van der Waals surface area contributed by atoms with Crippen molar-refractivity contribution in [2.24, 2.45) is 0 Å². The maximum atomic E-state index is 11.0. The van der Waals surface area contributed by atoms with Crippen molar-refractivity contribution < 1.29 is 14.6 Å². The monoisotopic (exact) mass is 232 g/mol. The molecule has 1 unspecified atom stereocenters. The summed E-state index contributed by atoms with van der Waals surface area (Å²) >= 11 is 1.67. The van der Waals surface area contributed by atoms with Gasteiger partial charge in [-0.05, 0) is 12.8 Å². The molecule has 0 heterocycles. The van der Waals surface area contributed by atoms with Crippen molar-refractivity contribution in [1.29, 1.82) is 0 Å². The quantitative estimate of drug-likeness (QED) is 0.736. The van der Waals surface area contributed by atoms with E-state index in [1.54, 1.807) is 11.8 Å². The third kappa shape index (κ3) is 4.43. The van der Waals surface area contributed by atoms with Crippen LogP contribution < -0.4 is 0 Å². The van der Waals surface area contributed by atoms with Crippen LogP contribution in [0.4, 0.5) is 0 Å². The average Bonchev–Trinajstić information content (AvgIpc) is 2.63. The maximum Gasteiger partial charge on any atom is 0.306 e. The summed E-state index contributed by atoms with van der Waals surface area (Å²) in [5, 5.41) is 10.3. The Bertz CT molecular complexity index is 212. The number of hydrogen-bond donors (Lipinski definition) is 1. The van der Waals surface area contributed by atoms with Crippen LogP contribution in [0.2, 0.25) is 0 Å². The summed E-state index contributed by atoms with van der Waals surface area (Å²) in [5.41, 5.74) is -0.477. The minimum Gasteiger partial charge on any atom is -0.469 e. The van der Waals surface area contributed by atoms with Gasteiger partial charge in [-0.25, -0.2) is 0 Å². The van der Waals surface area contributed by atoms with Gasteiger partial charge in [-0.15, -0.1) is 0 Å². The van der Waals surface area contributed by atoms with Gasteiger partial charge in [0, 0.05) is 11.0 Å². The highest BCUT2D eigenvalue weighted by Crippen LogP contribution is 2.33. The van der Waals surface area contributed by atoms with Gasteiger partial charge in [0.05, 0.1) is 19.1 Å². The number of methoxy groups -OCH3 is 1. The van der Waals surface area contributed by atoms with E-state index in [1.165, 1.54) is 7.11 Å². The Morgan fingerprint density at radius 1 is 1.53 bits per heavy atom. The molecule has 3 nitrogen and oxygen atoms in total. The molecule has 0 saturated heterocycles. The fraction of sp³-hybridized carbons (Fsp3) is 0.909. The Kier molecular flexibility index (Phi) is 4.93. The van der Waals surface area contributed by atoms with E-state index in [0.29, 0.717) is 6.42 Å². The van der Waals surface area contributed by atoms with E-state index in [-0.39, 0.29) is 11.2 Å². The first-order chi connectivity index (χ1) is 7.06. The van der Waals surface area contributed by atoms with Gasteiger partial charge in [-0.1, -0.05) is 19.8 Å². The van der Waals surface area contributed by atoms with Gasteiger partial charge in [-0.2, -0.15) is 11.8 Å². The molecule has 15 heavy (non-hydrogen) atoms. The van der Waals surface area contributed by atoms with Crippen molar-refractivity contribution in [1.82, 2.24) is 0 Å². The molecule has 0 bridgehead atoms. The summed E-state index contributed by atoms with van der Waals surface area (Å²) in [6, 6.07) is 0. The molecular formula is C11H20O3S. The van der Waals surface area contributed by atoms with E-state index in [2.05, 4.69) is 4.74 Å². The van der Waals surface area contributed by atoms with Crippen molar-refractivity contribution >= 4 is 17.7 Å². The van der Waals surface area contributed by atoms with Gasteiger partial charge < -0.3 is 9.84 Å². The zero-order valence-corrected chi connectivity index (χ0v) is 10.3. The van der Waals surface area contributed by atoms with E-state index in [0.717, 1.165) is 31.4 Å². The second-order valence-corrected chi connectivity index (χ2v) is 5.76. The highest BCUT2D eigenvalue weighted by atomic mass is 32.2. The first-order valence-corrected chi connectivity index (χ1v) is 6.51. The molecule has 0 aromatic rings. The molecular weight excluding hydrogens is 212 g/mol. The number of ether oxygens (including phenoxy) is 1. The van der Waals surface area contributed by atoms with Crippen LogP contribution >= 0.6 is 11.8 Å². The van der Waals surface area contributed by atoms with Gasteiger partial charge in [0.1, 0.15) is 0 Å². The van der Waals surface area contributed by atoms with Gasteiger partial charge in [0.2, 0.25) is 0 Å². The highest BCUT2D eigenvalue weighted by molar-refractivity contribution is 7.99. The van der Waals surface area contributed by atoms with Crippen molar-refractivity contribution in [2.75, 3.05) is 12.9 Å². The third-order valence-corrected chi connectivity index (χ3v) is 4.29. The molecule has 1 fully saturated rings. The number of carbonyl (C=O) groups is 1. The van der Waals surface area contributed by atoms with Crippen LogP contribution in [0.3, 0.4) is 0 Å². The number of rotatable bonds is 5. The minimum absolute atomic E-state index is 0.173. The molecule has 0 spiro atoms. The standard InChI is InChI=1S/C11H20O3S/c1-9(7-10(12)14-2)15-8-11(13)5-3-4-6-11/h9,13H,3-8H2,1-2H3. The van der Waals surface area contributed by atoms with Crippen molar-refractivity contribution in [2.45, 2.75) is 49.9 Å². The van der Waals surface area contributed by atoms with Crippen molar-refractivity contribution in [3.8, 4) is 0 Å². The molecule has 0 amide bonds. The Hall–Kier alpha value is -0.220. The van der Waals surface area contributed by atoms with Gasteiger partial charge in [0.15, 0.2) is 0 Å². The van der Waals surface area contributed by atoms with Crippen LogP contribution in [0, 0.1) is 0 Å². The van der Waals surface area contributed by atoms with Crippen LogP contribution in [0.1, 0.15) is 39.0 Å². The SMILES string of the molecule is COC(=O)CC(C)SCC1(O)CCCC1. The molecule has 4 heteroatoms. The second kappa shape index (κ2) is 5.75. The average molecular weight is 232 g/mol. The lowest BCUT2D eigenvalue weighted by molar-refractivity contribution is -0.140. The van der Waals surface area contributed by atoms with Crippen molar-refractivity contribution in [3.05, 3.63) is 0 Å². The Morgan fingerprint density at radius 2 is 2.13 bits per heavy atom. The van der Waals surface area contributed by atoms with Gasteiger partial charge >= 0.3 is 5.97 Å². The molecule has 1 aliphatic carbocycles. The number of thioether (sulfide) groups is 1. The molecule has 1 aliphatic rings. The lowest BCUT2D eigenvalue weighted by Gasteiger charge is -2.23. The van der Waals surface area contributed by atoms with Crippen molar-refractivity contribution in [3.63, 3.8) is 0 Å². The Balaban J connectivity index is 2.21. The van der Waals surface area contributed by atoms with Crippen LogP contribution in [-0.4, -0.2) is 34.8 Å². The topological polar surface area (TPSA) is 46.5 Å². The Morgan fingerprint density at radius 3 is 2.67 bits per heavy atom. The molecule has 1 atom stereocenters. The fourth-order valence-corrected chi connectivity index (χ4v) is 2.99. The smallest absolute Gasteiger partial charge is 0.306 e. The number of hydrogen-bond acceptors (Lipinski definition) is 4. The summed E-state index contributed by atoms with van der Waals surface area (Å²) in [7, 11) is 1.41. The summed E-state index contributed by atoms with van der Waals surface area (Å²) in [4.78, 5) is 11.0. The molecule has 1 N–H and O–H groups in total. The van der Waals surface area contributed by atoms with E-state index in [1.807, 2.05) is 6.92 Å². The van der Waals surface area contributed by atoms with E-state index in [4.69, 9.17) is 0 Å². The molecule has 0 radical (unpaired) electrons. The van der Waals surface area contributed by atoms with Gasteiger partial charge in [-0.3, -0.25) is 4.79 Å². The normalized spacial score (nSPS) is 21.3. The van der Waals surface area contributed by atoms with Crippen LogP contribution in [-0.2, 0) is 9.53 Å². The second-order valence-electron chi connectivity index (χ2n) is 4.33. The third-order valence-electron chi connectivity index (χ3n) is 2.85. The molecule has 0 aromatic carbocycles. The van der Waals surface area contributed by atoms with E-state index < -0.39 is 5.60 Å². The van der Waals surface area contributed by atoms with Crippen LogP contribution in [0.15, 0.2) is 0 Å². The molecule has 88 valence electrons. The van der Waals surface area contributed by atoms with E-state index in [9.17, 15) is 9.90 Å². The first-order valence-electron chi connectivity index (χ1n) is 5.46. The number of esters is 1. The minimum atomic E-state index is -0.477. The zero-order valence-electron chi connectivity index (χ0n) is 9.49. The summed E-state index contributed by atoms with van der Waals surface area (Å²) in [6.45, 7) is 2.00. The van der Waals surface area contributed by atoms with Gasteiger partial charge in [0.25, 0.3) is 0 Å². The molecule has 0 aliphatic heterocycles. The number of carbonyl (C=O) groups excluding carboxylic acids is 1. The molecule has 0 aromatic heterocycles. The van der Waals surface area contributed by atoms with Crippen LogP contribution in [0.25, 0.3) is 0 Å². The maximum absolute atomic E-state index is 11.0. The summed E-state index contributed by atoms with van der Waals surface area (Å²) in [6.07, 6.45) is 4.50.